The third-order valence-corrected chi connectivity index (χ3v) is 2.77. The van der Waals surface area contributed by atoms with Crippen molar-refractivity contribution in [2.45, 2.75) is 13.8 Å². The molecule has 0 amide bonds. The largest absolute Gasteiger partial charge is 0.457 e. The molecule has 1 aromatic carbocycles. The summed E-state index contributed by atoms with van der Waals surface area (Å²) in [7, 11) is 0. The Balaban J connectivity index is 2.36. The first kappa shape index (κ1) is 12.2. The molecule has 2 aromatic rings. The summed E-state index contributed by atoms with van der Waals surface area (Å²) in [4.78, 5) is 3.90. The average Bonchev–Trinajstić information content (AvgIpc) is 2.23. The van der Waals surface area contributed by atoms with E-state index in [0.29, 0.717) is 15.9 Å². The number of benzene rings is 1. The Bertz CT molecular complexity index is 532. The maximum Gasteiger partial charge on any atom is 0.133 e. The van der Waals surface area contributed by atoms with Crippen LogP contribution in [-0.4, -0.2) is 4.98 Å². The predicted octanol–water partition coefficient (Wildman–Crippen LogP) is 4.80. The Morgan fingerprint density at radius 2 is 1.71 bits per heavy atom. The molecule has 0 aliphatic heterocycles. The highest BCUT2D eigenvalue weighted by atomic mass is 35.5. The number of rotatable bonds is 2. The maximum atomic E-state index is 5.96. The Morgan fingerprint density at radius 1 is 1.06 bits per heavy atom. The fraction of sp³-hybridized carbons (Fsp3) is 0.154. The van der Waals surface area contributed by atoms with E-state index in [1.807, 2.05) is 26.0 Å². The van der Waals surface area contributed by atoms with Gasteiger partial charge in [-0.1, -0.05) is 23.2 Å². The van der Waals surface area contributed by atoms with Crippen LogP contribution < -0.4 is 4.74 Å². The molecule has 4 heteroatoms. The molecule has 1 aromatic heterocycles. The molecule has 0 saturated heterocycles. The molecule has 0 spiro atoms. The third kappa shape index (κ3) is 2.90. The van der Waals surface area contributed by atoms with E-state index in [-0.39, 0.29) is 0 Å². The number of hydrogen-bond donors (Lipinski definition) is 0. The minimum atomic E-state index is 0.409. The number of aryl methyl sites for hydroxylation is 2. The topological polar surface area (TPSA) is 22.1 Å². The van der Waals surface area contributed by atoms with Gasteiger partial charge in [-0.3, -0.25) is 0 Å². The summed E-state index contributed by atoms with van der Waals surface area (Å²) >= 11 is 11.8. The van der Waals surface area contributed by atoms with Gasteiger partial charge in [0.1, 0.15) is 16.7 Å². The summed E-state index contributed by atoms with van der Waals surface area (Å²) in [5.74, 6) is 1.47. The SMILES string of the molecule is Cc1cc(Cl)cc(C)c1Oc1ccnc(Cl)c1. The van der Waals surface area contributed by atoms with E-state index >= 15 is 0 Å². The van der Waals surface area contributed by atoms with E-state index in [9.17, 15) is 0 Å². The molecule has 17 heavy (non-hydrogen) atoms. The van der Waals surface area contributed by atoms with Crippen molar-refractivity contribution in [1.82, 2.24) is 4.98 Å². The molecule has 0 saturated carbocycles. The van der Waals surface area contributed by atoms with Crippen LogP contribution in [-0.2, 0) is 0 Å². The van der Waals surface area contributed by atoms with Gasteiger partial charge >= 0.3 is 0 Å². The lowest BCUT2D eigenvalue weighted by Gasteiger charge is -2.12. The number of hydrogen-bond acceptors (Lipinski definition) is 2. The van der Waals surface area contributed by atoms with Gasteiger partial charge in [-0.05, 0) is 43.2 Å². The van der Waals surface area contributed by atoms with Crippen molar-refractivity contribution in [3.05, 3.63) is 51.8 Å². The van der Waals surface area contributed by atoms with Crippen LogP contribution in [0, 0.1) is 13.8 Å². The van der Waals surface area contributed by atoms with Gasteiger partial charge in [0.2, 0.25) is 0 Å². The fourth-order valence-corrected chi connectivity index (χ4v) is 2.12. The minimum Gasteiger partial charge on any atom is -0.457 e. The molecular weight excluding hydrogens is 257 g/mol. The van der Waals surface area contributed by atoms with Crippen LogP contribution in [0.25, 0.3) is 0 Å². The summed E-state index contributed by atoms with van der Waals surface area (Å²) in [5, 5.41) is 1.12. The van der Waals surface area contributed by atoms with Gasteiger partial charge < -0.3 is 4.74 Å². The van der Waals surface area contributed by atoms with Gasteiger partial charge in [0.25, 0.3) is 0 Å². The van der Waals surface area contributed by atoms with Crippen molar-refractivity contribution in [3.63, 3.8) is 0 Å². The van der Waals surface area contributed by atoms with Crippen molar-refractivity contribution in [2.24, 2.45) is 0 Å². The minimum absolute atomic E-state index is 0.409. The molecule has 0 radical (unpaired) electrons. The lowest BCUT2D eigenvalue weighted by Crippen LogP contribution is -1.91. The van der Waals surface area contributed by atoms with Gasteiger partial charge in [-0.15, -0.1) is 0 Å². The van der Waals surface area contributed by atoms with Crippen molar-refractivity contribution in [1.29, 1.82) is 0 Å². The first-order valence-electron chi connectivity index (χ1n) is 5.12. The van der Waals surface area contributed by atoms with Crippen molar-refractivity contribution < 1.29 is 4.74 Å². The quantitative estimate of drug-likeness (QED) is 0.730. The molecule has 88 valence electrons. The Morgan fingerprint density at radius 3 is 2.29 bits per heavy atom. The molecular formula is C13H11Cl2NO. The Labute approximate surface area is 110 Å². The molecule has 0 unspecified atom stereocenters. The van der Waals surface area contributed by atoms with Crippen molar-refractivity contribution in [2.75, 3.05) is 0 Å². The molecule has 1 heterocycles. The highest BCUT2D eigenvalue weighted by Crippen LogP contribution is 2.31. The Hall–Kier alpha value is -1.25. The molecule has 0 aliphatic rings. The van der Waals surface area contributed by atoms with Crippen molar-refractivity contribution >= 4 is 23.2 Å². The second-order valence-electron chi connectivity index (χ2n) is 3.79. The van der Waals surface area contributed by atoms with E-state index < -0.39 is 0 Å². The summed E-state index contributed by atoms with van der Waals surface area (Å²) in [6, 6.07) is 7.17. The summed E-state index contributed by atoms with van der Waals surface area (Å²) in [6.07, 6.45) is 1.61. The average molecular weight is 268 g/mol. The second-order valence-corrected chi connectivity index (χ2v) is 4.61. The highest BCUT2D eigenvalue weighted by molar-refractivity contribution is 6.30. The predicted molar refractivity (Wildman–Crippen MR) is 70.2 cm³/mol. The zero-order valence-electron chi connectivity index (χ0n) is 9.50. The van der Waals surface area contributed by atoms with Gasteiger partial charge in [-0.2, -0.15) is 0 Å². The van der Waals surface area contributed by atoms with Crippen LogP contribution in [0.3, 0.4) is 0 Å². The lowest BCUT2D eigenvalue weighted by atomic mass is 10.1. The zero-order chi connectivity index (χ0) is 12.4. The van der Waals surface area contributed by atoms with Crippen LogP contribution in [0.15, 0.2) is 30.5 Å². The first-order chi connectivity index (χ1) is 8.06. The standard InChI is InChI=1S/C13H11Cl2NO/c1-8-5-10(14)6-9(2)13(8)17-11-3-4-16-12(15)7-11/h3-7H,1-2H3. The molecule has 2 rings (SSSR count). The van der Waals surface area contributed by atoms with Crippen LogP contribution in [0.1, 0.15) is 11.1 Å². The van der Waals surface area contributed by atoms with Crippen LogP contribution >= 0.6 is 23.2 Å². The monoisotopic (exact) mass is 267 g/mol. The van der Waals surface area contributed by atoms with E-state index in [1.54, 1.807) is 18.3 Å². The molecule has 0 aliphatic carbocycles. The fourth-order valence-electron chi connectivity index (χ4n) is 1.62. The molecule has 0 atom stereocenters. The number of ether oxygens (including phenoxy) is 1. The highest BCUT2D eigenvalue weighted by Gasteiger charge is 2.07. The normalized spacial score (nSPS) is 10.4. The number of nitrogens with zero attached hydrogens (tertiary/aromatic N) is 1. The van der Waals surface area contributed by atoms with Gasteiger partial charge in [0.15, 0.2) is 0 Å². The smallest absolute Gasteiger partial charge is 0.133 e. The van der Waals surface area contributed by atoms with E-state index in [1.165, 1.54) is 0 Å². The maximum absolute atomic E-state index is 5.96. The second kappa shape index (κ2) is 4.94. The summed E-state index contributed by atoms with van der Waals surface area (Å²) in [6.45, 7) is 3.91. The van der Waals surface area contributed by atoms with Gasteiger partial charge in [-0.25, -0.2) is 4.98 Å². The third-order valence-electron chi connectivity index (χ3n) is 2.34. The van der Waals surface area contributed by atoms with Crippen LogP contribution in [0.4, 0.5) is 0 Å². The lowest BCUT2D eigenvalue weighted by molar-refractivity contribution is 0.474. The molecule has 0 fully saturated rings. The van der Waals surface area contributed by atoms with Crippen LogP contribution in [0.2, 0.25) is 10.2 Å². The molecule has 0 N–H and O–H groups in total. The number of halogens is 2. The van der Waals surface area contributed by atoms with Gasteiger partial charge in [0.05, 0.1) is 0 Å². The molecule has 0 bridgehead atoms. The number of aromatic nitrogens is 1. The summed E-state index contributed by atoms with van der Waals surface area (Å²) < 4.78 is 5.79. The Kier molecular flexibility index (Phi) is 3.55. The molecule has 2 nitrogen and oxygen atoms in total. The first-order valence-corrected chi connectivity index (χ1v) is 5.88. The zero-order valence-corrected chi connectivity index (χ0v) is 11.0. The van der Waals surface area contributed by atoms with E-state index in [4.69, 9.17) is 27.9 Å². The van der Waals surface area contributed by atoms with Crippen LogP contribution in [0.5, 0.6) is 11.5 Å². The number of pyridine rings is 1. The van der Waals surface area contributed by atoms with Crippen molar-refractivity contribution in [3.8, 4) is 11.5 Å². The van der Waals surface area contributed by atoms with E-state index in [0.717, 1.165) is 16.9 Å². The summed E-state index contributed by atoms with van der Waals surface area (Å²) in [5.41, 5.74) is 1.98. The van der Waals surface area contributed by atoms with E-state index in [2.05, 4.69) is 4.98 Å². The van der Waals surface area contributed by atoms with Gasteiger partial charge in [0, 0.05) is 17.3 Å².